The molecule has 168 valence electrons. The van der Waals surface area contributed by atoms with Crippen molar-refractivity contribution in [1.29, 1.82) is 0 Å². The molecular formula is C21H23N5O4S2. The van der Waals surface area contributed by atoms with Crippen LogP contribution in [0.1, 0.15) is 35.3 Å². The third kappa shape index (κ3) is 4.45. The number of carbonyl (C=O) groups excluding carboxylic acids is 2. The number of aromatic amines is 1. The number of nitrogens with one attached hydrogen (secondary N) is 2. The Morgan fingerprint density at radius 1 is 1.25 bits per heavy atom. The second-order valence-corrected chi connectivity index (χ2v) is 10.4. The van der Waals surface area contributed by atoms with Crippen LogP contribution >= 0.6 is 11.3 Å². The molecule has 1 fully saturated rings. The zero-order valence-electron chi connectivity index (χ0n) is 17.4. The molecule has 9 nitrogen and oxygen atoms in total. The lowest BCUT2D eigenvalue weighted by molar-refractivity contribution is -0.120. The minimum Gasteiger partial charge on any atom is -0.364 e. The fourth-order valence-corrected chi connectivity index (χ4v) is 6.02. The summed E-state index contributed by atoms with van der Waals surface area (Å²) in [5, 5.41) is 4.85. The summed E-state index contributed by atoms with van der Waals surface area (Å²) in [6.45, 7) is 2.18. The zero-order valence-corrected chi connectivity index (χ0v) is 19.0. The number of carbonyl (C=O) groups is 2. The standard InChI is InChI=1S/C21H23N5O4S2/c1-13-5-7-15(8-6-13)32(29,30)26-9-3-2-4-18(26)20(28)25-21-24-17(12-31-21)14-10-16(19(22)27)23-11-14/h5-8,10-12,18,23H,2-4,9H2,1H3,(H2,22,27)(H,24,25,28). The number of sulfonamides is 1. The fourth-order valence-electron chi connectivity index (χ4n) is 3.64. The lowest BCUT2D eigenvalue weighted by Crippen LogP contribution is -2.49. The quantitative estimate of drug-likeness (QED) is 0.505. The molecule has 4 rings (SSSR count). The van der Waals surface area contributed by atoms with E-state index in [4.69, 9.17) is 5.73 Å². The highest BCUT2D eigenvalue weighted by atomic mass is 32.2. The van der Waals surface area contributed by atoms with Crippen molar-refractivity contribution >= 4 is 38.3 Å². The minimum atomic E-state index is -3.80. The van der Waals surface area contributed by atoms with Gasteiger partial charge in [-0.05, 0) is 38.0 Å². The van der Waals surface area contributed by atoms with Crippen LogP contribution in [-0.2, 0) is 14.8 Å². The first-order valence-corrected chi connectivity index (χ1v) is 12.4. The number of aryl methyl sites for hydroxylation is 1. The molecular weight excluding hydrogens is 450 g/mol. The molecule has 1 aliphatic rings. The molecule has 3 heterocycles. The van der Waals surface area contributed by atoms with Crippen LogP contribution < -0.4 is 11.1 Å². The van der Waals surface area contributed by atoms with E-state index in [1.807, 2.05) is 6.92 Å². The molecule has 1 saturated heterocycles. The molecule has 0 bridgehead atoms. The maximum Gasteiger partial charge on any atom is 0.265 e. The number of hydrogen-bond acceptors (Lipinski definition) is 6. The number of primary amides is 1. The van der Waals surface area contributed by atoms with E-state index < -0.39 is 27.9 Å². The molecule has 0 spiro atoms. The maximum atomic E-state index is 13.2. The Morgan fingerprint density at radius 2 is 2.00 bits per heavy atom. The number of anilines is 1. The first-order chi connectivity index (χ1) is 15.3. The average molecular weight is 474 g/mol. The van der Waals surface area contributed by atoms with E-state index in [0.717, 1.165) is 12.0 Å². The first-order valence-electron chi connectivity index (χ1n) is 10.1. The van der Waals surface area contributed by atoms with Gasteiger partial charge in [0, 0.05) is 23.7 Å². The van der Waals surface area contributed by atoms with Gasteiger partial charge in [-0.1, -0.05) is 24.1 Å². The number of H-pyrrole nitrogens is 1. The zero-order chi connectivity index (χ0) is 22.9. The normalized spacial score (nSPS) is 17.2. The van der Waals surface area contributed by atoms with Crippen LogP contribution in [0.25, 0.3) is 11.3 Å². The van der Waals surface area contributed by atoms with Crippen molar-refractivity contribution in [2.75, 3.05) is 11.9 Å². The highest BCUT2D eigenvalue weighted by molar-refractivity contribution is 7.89. The third-order valence-corrected chi connectivity index (χ3v) is 8.04. The van der Waals surface area contributed by atoms with Gasteiger partial charge in [0.25, 0.3) is 5.91 Å². The second kappa shape index (κ2) is 8.85. The van der Waals surface area contributed by atoms with Crippen molar-refractivity contribution in [3.8, 4) is 11.3 Å². The summed E-state index contributed by atoms with van der Waals surface area (Å²) in [5.41, 5.74) is 7.71. The van der Waals surface area contributed by atoms with Crippen LogP contribution in [0.4, 0.5) is 5.13 Å². The Hall–Kier alpha value is -3.02. The van der Waals surface area contributed by atoms with Gasteiger partial charge in [-0.25, -0.2) is 13.4 Å². The number of aromatic nitrogens is 2. The van der Waals surface area contributed by atoms with E-state index in [2.05, 4.69) is 15.3 Å². The highest BCUT2D eigenvalue weighted by Gasteiger charge is 2.37. The van der Waals surface area contributed by atoms with E-state index in [1.54, 1.807) is 41.9 Å². The SMILES string of the molecule is Cc1ccc(S(=O)(=O)N2CCCCC2C(=O)Nc2nc(-c3c[nH]c(C(N)=O)c3)cs2)cc1. The van der Waals surface area contributed by atoms with Gasteiger partial charge in [0.2, 0.25) is 15.9 Å². The van der Waals surface area contributed by atoms with Crippen molar-refractivity contribution in [1.82, 2.24) is 14.3 Å². The predicted molar refractivity (Wildman–Crippen MR) is 122 cm³/mol. The number of nitrogens with two attached hydrogens (primary N) is 1. The van der Waals surface area contributed by atoms with Crippen molar-refractivity contribution in [2.45, 2.75) is 37.1 Å². The summed E-state index contributed by atoms with van der Waals surface area (Å²) >= 11 is 1.22. The van der Waals surface area contributed by atoms with Crippen LogP contribution in [0, 0.1) is 6.92 Å². The molecule has 0 radical (unpaired) electrons. The number of piperidine rings is 1. The lowest BCUT2D eigenvalue weighted by Gasteiger charge is -2.33. The van der Waals surface area contributed by atoms with Crippen molar-refractivity contribution in [3.05, 3.63) is 53.2 Å². The predicted octanol–water partition coefficient (Wildman–Crippen LogP) is 2.73. The topological polar surface area (TPSA) is 138 Å². The van der Waals surface area contributed by atoms with Gasteiger partial charge in [0.05, 0.1) is 10.6 Å². The molecule has 11 heteroatoms. The Labute approximate surface area is 189 Å². The van der Waals surface area contributed by atoms with Gasteiger partial charge in [0.15, 0.2) is 5.13 Å². The Kier molecular flexibility index (Phi) is 6.13. The number of nitrogens with zero attached hydrogens (tertiary/aromatic N) is 2. The Morgan fingerprint density at radius 3 is 2.69 bits per heavy atom. The monoisotopic (exact) mass is 473 g/mol. The smallest absolute Gasteiger partial charge is 0.265 e. The summed E-state index contributed by atoms with van der Waals surface area (Å²) in [6, 6.07) is 7.40. The molecule has 1 aromatic carbocycles. The van der Waals surface area contributed by atoms with Crippen LogP contribution in [0.3, 0.4) is 0 Å². The summed E-state index contributed by atoms with van der Waals surface area (Å²) < 4.78 is 27.7. The Bertz CT molecular complexity index is 1250. The highest BCUT2D eigenvalue weighted by Crippen LogP contribution is 2.29. The van der Waals surface area contributed by atoms with Gasteiger partial charge < -0.3 is 16.0 Å². The summed E-state index contributed by atoms with van der Waals surface area (Å²) in [4.78, 5) is 31.6. The van der Waals surface area contributed by atoms with Crippen LogP contribution in [0.15, 0.2) is 46.8 Å². The van der Waals surface area contributed by atoms with Gasteiger partial charge in [0.1, 0.15) is 11.7 Å². The van der Waals surface area contributed by atoms with E-state index in [-0.39, 0.29) is 17.1 Å². The maximum absolute atomic E-state index is 13.2. The lowest BCUT2D eigenvalue weighted by atomic mass is 10.0. The van der Waals surface area contributed by atoms with Crippen molar-refractivity contribution in [3.63, 3.8) is 0 Å². The number of thiazole rings is 1. The van der Waals surface area contributed by atoms with Gasteiger partial charge in [-0.15, -0.1) is 11.3 Å². The molecule has 1 unspecified atom stereocenters. The number of amides is 2. The molecule has 32 heavy (non-hydrogen) atoms. The van der Waals surface area contributed by atoms with Crippen LogP contribution in [0.5, 0.6) is 0 Å². The minimum absolute atomic E-state index is 0.178. The summed E-state index contributed by atoms with van der Waals surface area (Å²) in [5.74, 6) is -0.986. The van der Waals surface area contributed by atoms with Gasteiger partial charge in [-0.3, -0.25) is 9.59 Å². The van der Waals surface area contributed by atoms with E-state index in [1.165, 1.54) is 15.6 Å². The number of rotatable bonds is 6. The summed E-state index contributed by atoms with van der Waals surface area (Å²) in [6.07, 6.45) is 3.51. The molecule has 0 aliphatic carbocycles. The fraction of sp³-hybridized carbons (Fsp3) is 0.286. The Balaban J connectivity index is 1.52. The van der Waals surface area contributed by atoms with E-state index in [9.17, 15) is 18.0 Å². The largest absolute Gasteiger partial charge is 0.364 e. The number of benzene rings is 1. The third-order valence-electron chi connectivity index (χ3n) is 5.36. The average Bonchev–Trinajstić information content (AvgIpc) is 3.44. The molecule has 1 atom stereocenters. The van der Waals surface area contributed by atoms with Gasteiger partial charge >= 0.3 is 0 Å². The van der Waals surface area contributed by atoms with Crippen LogP contribution in [0.2, 0.25) is 0 Å². The summed E-state index contributed by atoms with van der Waals surface area (Å²) in [7, 11) is -3.80. The van der Waals surface area contributed by atoms with Crippen molar-refractivity contribution < 1.29 is 18.0 Å². The number of hydrogen-bond donors (Lipinski definition) is 3. The molecule has 2 amide bonds. The molecule has 1 aliphatic heterocycles. The molecule has 3 aromatic rings. The second-order valence-electron chi connectivity index (χ2n) is 7.63. The molecule has 4 N–H and O–H groups in total. The van der Waals surface area contributed by atoms with E-state index >= 15 is 0 Å². The first kappa shape index (κ1) is 22.2. The van der Waals surface area contributed by atoms with Crippen molar-refractivity contribution in [2.24, 2.45) is 5.73 Å². The molecule has 0 saturated carbocycles. The molecule has 2 aromatic heterocycles. The van der Waals surface area contributed by atoms with Gasteiger partial charge in [-0.2, -0.15) is 4.31 Å². The van der Waals surface area contributed by atoms with Crippen LogP contribution in [-0.4, -0.2) is 47.1 Å². The van der Waals surface area contributed by atoms with E-state index in [0.29, 0.717) is 29.2 Å².